The Balaban J connectivity index is 1.86. The molecule has 0 spiro atoms. The maximum absolute atomic E-state index is 12.6. The van der Waals surface area contributed by atoms with Crippen molar-refractivity contribution in [2.45, 2.75) is 4.90 Å². The maximum atomic E-state index is 12.6. The van der Waals surface area contributed by atoms with Crippen LogP contribution < -0.4 is 4.72 Å². The van der Waals surface area contributed by atoms with Crippen LogP contribution >= 0.6 is 11.3 Å². The molecule has 128 valence electrons. The smallest absolute Gasteiger partial charge is 0.340 e. The lowest BCUT2D eigenvalue weighted by atomic mass is 10.1. The van der Waals surface area contributed by atoms with E-state index < -0.39 is 16.0 Å². The molecule has 3 rings (SSSR count). The van der Waals surface area contributed by atoms with Crippen LogP contribution in [0.3, 0.4) is 0 Å². The molecule has 0 radical (unpaired) electrons. The molecule has 0 unspecified atom stereocenters. The molecule has 7 heteroatoms. The molecule has 3 aromatic rings. The quantitative estimate of drug-likeness (QED) is 0.686. The van der Waals surface area contributed by atoms with E-state index in [1.165, 1.54) is 30.6 Å². The molecule has 0 atom stereocenters. The van der Waals surface area contributed by atoms with Crippen LogP contribution in [0.25, 0.3) is 11.1 Å². The minimum Gasteiger partial charge on any atom is -0.465 e. The van der Waals surface area contributed by atoms with Gasteiger partial charge in [0, 0.05) is 10.8 Å². The second-order valence-corrected chi connectivity index (χ2v) is 7.61. The molecule has 1 heterocycles. The van der Waals surface area contributed by atoms with Crippen LogP contribution in [0, 0.1) is 0 Å². The van der Waals surface area contributed by atoms with Crippen LogP contribution in [-0.2, 0) is 14.8 Å². The molecule has 1 N–H and O–H groups in total. The minimum absolute atomic E-state index is 0.120. The minimum atomic E-state index is -3.80. The van der Waals surface area contributed by atoms with Crippen molar-refractivity contribution >= 4 is 33.0 Å². The highest BCUT2D eigenvalue weighted by molar-refractivity contribution is 7.92. The molecule has 0 aliphatic carbocycles. The van der Waals surface area contributed by atoms with E-state index in [9.17, 15) is 13.2 Å². The van der Waals surface area contributed by atoms with Crippen molar-refractivity contribution < 1.29 is 17.9 Å². The second kappa shape index (κ2) is 7.08. The van der Waals surface area contributed by atoms with Crippen molar-refractivity contribution in [1.29, 1.82) is 0 Å². The first-order valence-corrected chi connectivity index (χ1v) is 9.76. The Kier molecular flexibility index (Phi) is 4.87. The third kappa shape index (κ3) is 3.72. The van der Waals surface area contributed by atoms with Gasteiger partial charge < -0.3 is 4.74 Å². The van der Waals surface area contributed by atoms with Crippen molar-refractivity contribution in [3.63, 3.8) is 0 Å². The van der Waals surface area contributed by atoms with Crippen molar-refractivity contribution in [3.05, 3.63) is 70.9 Å². The Labute approximate surface area is 150 Å². The van der Waals surface area contributed by atoms with Crippen LogP contribution in [0.2, 0.25) is 0 Å². The van der Waals surface area contributed by atoms with Crippen LogP contribution in [0.15, 0.2) is 70.3 Å². The third-order valence-corrected chi connectivity index (χ3v) is 5.71. The Morgan fingerprint density at radius 3 is 2.24 bits per heavy atom. The summed E-state index contributed by atoms with van der Waals surface area (Å²) in [6.45, 7) is 0. The van der Waals surface area contributed by atoms with Gasteiger partial charge in [0.25, 0.3) is 10.0 Å². The first kappa shape index (κ1) is 17.2. The molecule has 0 aliphatic rings. The summed E-state index contributed by atoms with van der Waals surface area (Å²) in [5.41, 5.74) is 2.33. The standard InChI is InChI=1S/C18H15NO4S2/c1-23-18(20)16-11-24-12-17(16)19-25(21,22)15-9-7-14(8-10-15)13-5-3-2-4-6-13/h2-12,19H,1H3. The van der Waals surface area contributed by atoms with Gasteiger partial charge in [-0.3, -0.25) is 4.72 Å². The van der Waals surface area contributed by atoms with Crippen LogP contribution in [-0.4, -0.2) is 21.5 Å². The number of nitrogens with one attached hydrogen (secondary N) is 1. The number of hydrogen-bond acceptors (Lipinski definition) is 5. The molecular formula is C18H15NO4S2. The molecule has 2 aromatic carbocycles. The highest BCUT2D eigenvalue weighted by Crippen LogP contribution is 2.26. The van der Waals surface area contributed by atoms with E-state index in [2.05, 4.69) is 9.46 Å². The molecule has 1 aromatic heterocycles. The molecule has 0 saturated heterocycles. The third-order valence-electron chi connectivity index (χ3n) is 3.58. The van der Waals surface area contributed by atoms with Gasteiger partial charge in [0.2, 0.25) is 0 Å². The first-order valence-electron chi connectivity index (χ1n) is 7.34. The molecule has 5 nitrogen and oxygen atoms in total. The second-order valence-electron chi connectivity index (χ2n) is 5.19. The number of thiophene rings is 1. The van der Waals surface area contributed by atoms with E-state index in [4.69, 9.17) is 0 Å². The lowest BCUT2D eigenvalue weighted by molar-refractivity contribution is 0.0602. The van der Waals surface area contributed by atoms with Gasteiger partial charge in [0.15, 0.2) is 0 Å². The van der Waals surface area contributed by atoms with Gasteiger partial charge in [-0.2, -0.15) is 0 Å². The van der Waals surface area contributed by atoms with Crippen LogP contribution in [0.5, 0.6) is 0 Å². The Bertz CT molecular complexity index is 977. The average molecular weight is 373 g/mol. The van der Waals surface area contributed by atoms with E-state index in [0.29, 0.717) is 0 Å². The van der Waals surface area contributed by atoms with E-state index in [1.807, 2.05) is 30.3 Å². The highest BCUT2D eigenvalue weighted by atomic mass is 32.2. The molecular weight excluding hydrogens is 358 g/mol. The van der Waals surface area contributed by atoms with Gasteiger partial charge in [-0.25, -0.2) is 13.2 Å². The number of carbonyl (C=O) groups is 1. The van der Waals surface area contributed by atoms with E-state index >= 15 is 0 Å². The summed E-state index contributed by atoms with van der Waals surface area (Å²) in [5.74, 6) is -0.585. The molecule has 25 heavy (non-hydrogen) atoms. The Morgan fingerprint density at radius 2 is 1.60 bits per heavy atom. The van der Waals surface area contributed by atoms with Crippen molar-refractivity contribution in [2.75, 3.05) is 11.8 Å². The summed E-state index contributed by atoms with van der Waals surface area (Å²) in [6, 6.07) is 16.2. The van der Waals surface area contributed by atoms with Gasteiger partial charge in [-0.1, -0.05) is 42.5 Å². The SMILES string of the molecule is COC(=O)c1cscc1NS(=O)(=O)c1ccc(-c2ccccc2)cc1. The topological polar surface area (TPSA) is 72.5 Å². The number of hydrogen-bond donors (Lipinski definition) is 1. The highest BCUT2D eigenvalue weighted by Gasteiger charge is 2.20. The van der Waals surface area contributed by atoms with Gasteiger partial charge in [-0.05, 0) is 23.3 Å². The van der Waals surface area contributed by atoms with E-state index in [1.54, 1.807) is 22.9 Å². The fraction of sp³-hybridized carbons (Fsp3) is 0.0556. The fourth-order valence-electron chi connectivity index (χ4n) is 2.30. The maximum Gasteiger partial charge on any atom is 0.340 e. The van der Waals surface area contributed by atoms with Crippen molar-refractivity contribution in [3.8, 4) is 11.1 Å². The van der Waals surface area contributed by atoms with Crippen LogP contribution in [0.1, 0.15) is 10.4 Å². The van der Waals surface area contributed by atoms with Crippen molar-refractivity contribution in [1.82, 2.24) is 0 Å². The van der Waals surface area contributed by atoms with E-state index in [-0.39, 0.29) is 16.1 Å². The van der Waals surface area contributed by atoms with Gasteiger partial charge in [-0.15, -0.1) is 11.3 Å². The molecule has 0 saturated carbocycles. The largest absolute Gasteiger partial charge is 0.465 e. The lowest BCUT2D eigenvalue weighted by Crippen LogP contribution is -2.15. The zero-order valence-corrected chi connectivity index (χ0v) is 14.9. The number of anilines is 1. The summed E-state index contributed by atoms with van der Waals surface area (Å²) in [6.07, 6.45) is 0. The van der Waals surface area contributed by atoms with Gasteiger partial charge in [0.1, 0.15) is 0 Å². The normalized spacial score (nSPS) is 11.1. The molecule has 0 amide bonds. The molecule has 0 aliphatic heterocycles. The lowest BCUT2D eigenvalue weighted by Gasteiger charge is -2.09. The Hall–Kier alpha value is -2.64. The molecule has 0 bridgehead atoms. The fourth-order valence-corrected chi connectivity index (χ4v) is 4.20. The van der Waals surface area contributed by atoms with Gasteiger partial charge >= 0.3 is 5.97 Å². The zero-order valence-electron chi connectivity index (χ0n) is 13.3. The predicted molar refractivity (Wildman–Crippen MR) is 98.3 cm³/mol. The molecule has 0 fully saturated rings. The average Bonchev–Trinajstić information content (AvgIpc) is 3.09. The summed E-state index contributed by atoms with van der Waals surface area (Å²) in [7, 11) is -2.55. The summed E-state index contributed by atoms with van der Waals surface area (Å²) < 4.78 is 32.2. The number of sulfonamides is 1. The zero-order chi connectivity index (χ0) is 17.9. The van der Waals surface area contributed by atoms with Crippen LogP contribution in [0.4, 0.5) is 5.69 Å². The monoisotopic (exact) mass is 373 g/mol. The number of benzene rings is 2. The van der Waals surface area contributed by atoms with E-state index in [0.717, 1.165) is 11.1 Å². The summed E-state index contributed by atoms with van der Waals surface area (Å²) >= 11 is 1.22. The number of ether oxygens (including phenoxy) is 1. The van der Waals surface area contributed by atoms with Crippen molar-refractivity contribution in [2.24, 2.45) is 0 Å². The number of methoxy groups -OCH3 is 1. The first-order chi connectivity index (χ1) is 12.0. The summed E-state index contributed by atoms with van der Waals surface area (Å²) in [5, 5.41) is 3.10. The number of rotatable bonds is 5. The number of carbonyl (C=O) groups excluding carboxylic acids is 1. The predicted octanol–water partition coefficient (Wildman–Crippen LogP) is 4.00. The Morgan fingerprint density at radius 1 is 0.960 bits per heavy atom. The summed E-state index contributed by atoms with van der Waals surface area (Å²) in [4.78, 5) is 11.8. The number of esters is 1. The van der Waals surface area contributed by atoms with Gasteiger partial charge in [0.05, 0.1) is 23.3 Å².